The predicted molar refractivity (Wildman–Crippen MR) is 96.5 cm³/mol. The SMILES string of the molecule is CC1(C)CC(/C=C/c2ccc(Cl)c([N+](=O)[O-])c2)=CC(=C(C#N)C#N)C1. The minimum absolute atomic E-state index is 0.0747. The number of nitro groups is 1. The molecule has 0 N–H and O–H groups in total. The Kier molecular flexibility index (Phi) is 5.41. The van der Waals surface area contributed by atoms with Gasteiger partial charge in [0.15, 0.2) is 0 Å². The highest BCUT2D eigenvalue weighted by Gasteiger charge is 2.26. The summed E-state index contributed by atoms with van der Waals surface area (Å²) in [4.78, 5) is 10.4. The van der Waals surface area contributed by atoms with Crippen molar-refractivity contribution in [1.82, 2.24) is 0 Å². The molecule has 1 aromatic rings. The van der Waals surface area contributed by atoms with E-state index in [0.29, 0.717) is 12.0 Å². The third-order valence-electron chi connectivity index (χ3n) is 3.91. The molecule has 1 aromatic carbocycles. The van der Waals surface area contributed by atoms with Gasteiger partial charge in [0.1, 0.15) is 22.7 Å². The largest absolute Gasteiger partial charge is 0.288 e. The average Bonchev–Trinajstić information content (AvgIpc) is 2.53. The van der Waals surface area contributed by atoms with E-state index in [1.807, 2.05) is 24.3 Å². The molecule has 0 spiro atoms. The number of allylic oxidation sites excluding steroid dienone is 5. The highest BCUT2D eigenvalue weighted by atomic mass is 35.5. The molecule has 0 unspecified atom stereocenters. The summed E-state index contributed by atoms with van der Waals surface area (Å²) in [5.74, 6) is 0. The quantitative estimate of drug-likeness (QED) is 0.416. The van der Waals surface area contributed by atoms with Crippen LogP contribution >= 0.6 is 11.6 Å². The first-order valence-electron chi connectivity index (χ1n) is 7.62. The standard InChI is InChI=1S/C19H16ClN3O2/c1-19(2)9-14(7-15(10-19)16(11-21)12-22)4-3-13-5-6-17(20)18(8-13)23(24)25/h3-8H,9-10H2,1-2H3/b4-3+. The first-order valence-corrected chi connectivity index (χ1v) is 7.99. The average molecular weight is 354 g/mol. The Morgan fingerprint density at radius 1 is 1.28 bits per heavy atom. The molecular formula is C19H16ClN3O2. The van der Waals surface area contributed by atoms with Gasteiger partial charge in [-0.3, -0.25) is 10.1 Å². The number of hydrogen-bond acceptors (Lipinski definition) is 4. The van der Waals surface area contributed by atoms with Crippen LogP contribution in [0.4, 0.5) is 5.69 Å². The molecule has 25 heavy (non-hydrogen) atoms. The van der Waals surface area contributed by atoms with Gasteiger partial charge in [-0.25, -0.2) is 0 Å². The molecule has 126 valence electrons. The fourth-order valence-electron chi connectivity index (χ4n) is 2.87. The van der Waals surface area contributed by atoms with Crippen LogP contribution in [0.2, 0.25) is 5.02 Å². The highest BCUT2D eigenvalue weighted by molar-refractivity contribution is 6.32. The van der Waals surface area contributed by atoms with Crippen molar-refractivity contribution in [3.63, 3.8) is 0 Å². The lowest BCUT2D eigenvalue weighted by Gasteiger charge is -2.30. The topological polar surface area (TPSA) is 90.7 Å². The second-order valence-electron chi connectivity index (χ2n) is 6.66. The van der Waals surface area contributed by atoms with E-state index in [1.165, 1.54) is 12.1 Å². The van der Waals surface area contributed by atoms with Crippen LogP contribution in [0.5, 0.6) is 0 Å². The van der Waals surface area contributed by atoms with Crippen molar-refractivity contribution >= 4 is 23.4 Å². The van der Waals surface area contributed by atoms with Gasteiger partial charge in [0.2, 0.25) is 0 Å². The molecule has 6 heteroatoms. The molecule has 0 aromatic heterocycles. The van der Waals surface area contributed by atoms with Crippen molar-refractivity contribution in [2.75, 3.05) is 0 Å². The lowest BCUT2D eigenvalue weighted by atomic mass is 9.74. The van der Waals surface area contributed by atoms with E-state index >= 15 is 0 Å². The van der Waals surface area contributed by atoms with E-state index in [9.17, 15) is 10.1 Å². The Morgan fingerprint density at radius 3 is 2.56 bits per heavy atom. The van der Waals surface area contributed by atoms with Gasteiger partial charge < -0.3 is 0 Å². The smallest absolute Gasteiger partial charge is 0.258 e. The molecule has 0 amide bonds. The molecule has 0 bridgehead atoms. The Hall–Kier alpha value is -2.89. The second-order valence-corrected chi connectivity index (χ2v) is 7.07. The molecular weight excluding hydrogens is 338 g/mol. The Morgan fingerprint density at radius 2 is 1.96 bits per heavy atom. The first-order chi connectivity index (χ1) is 11.8. The van der Waals surface area contributed by atoms with Gasteiger partial charge in [-0.05, 0) is 41.0 Å². The molecule has 0 saturated heterocycles. The molecule has 5 nitrogen and oxygen atoms in total. The zero-order valence-electron chi connectivity index (χ0n) is 13.9. The predicted octanol–water partition coefficient (Wildman–Crippen LogP) is 5.35. The summed E-state index contributed by atoms with van der Waals surface area (Å²) in [5, 5.41) is 29.3. The third kappa shape index (κ3) is 4.56. The summed E-state index contributed by atoms with van der Waals surface area (Å²) in [5.41, 5.74) is 2.26. The van der Waals surface area contributed by atoms with Crippen LogP contribution in [0.3, 0.4) is 0 Å². The van der Waals surface area contributed by atoms with Gasteiger partial charge >= 0.3 is 0 Å². The zero-order valence-corrected chi connectivity index (χ0v) is 14.7. The maximum atomic E-state index is 11.0. The van der Waals surface area contributed by atoms with Crippen molar-refractivity contribution in [2.45, 2.75) is 26.7 Å². The van der Waals surface area contributed by atoms with Crippen LogP contribution in [-0.2, 0) is 0 Å². The first kappa shape index (κ1) is 18.4. The van der Waals surface area contributed by atoms with Crippen LogP contribution in [0.25, 0.3) is 6.08 Å². The van der Waals surface area contributed by atoms with Gasteiger partial charge in [-0.1, -0.05) is 49.7 Å². The maximum Gasteiger partial charge on any atom is 0.288 e. The van der Waals surface area contributed by atoms with E-state index in [4.69, 9.17) is 22.1 Å². The van der Waals surface area contributed by atoms with Crippen LogP contribution in [0, 0.1) is 38.2 Å². The number of halogens is 1. The number of hydrogen-bond donors (Lipinski definition) is 0. The lowest BCUT2D eigenvalue weighted by molar-refractivity contribution is -0.384. The number of nitriles is 2. The van der Waals surface area contributed by atoms with Crippen molar-refractivity contribution in [3.05, 3.63) is 67.8 Å². The summed E-state index contributed by atoms with van der Waals surface area (Å²) < 4.78 is 0. The number of rotatable bonds is 3. The van der Waals surface area contributed by atoms with Crippen molar-refractivity contribution < 1.29 is 4.92 Å². The van der Waals surface area contributed by atoms with E-state index in [2.05, 4.69) is 13.8 Å². The van der Waals surface area contributed by atoms with Crippen LogP contribution in [0.15, 0.2) is 47.1 Å². The van der Waals surface area contributed by atoms with Crippen LogP contribution in [-0.4, -0.2) is 4.92 Å². The molecule has 1 aliphatic carbocycles. The van der Waals surface area contributed by atoms with Gasteiger partial charge in [-0.2, -0.15) is 10.5 Å². The number of nitrogens with zero attached hydrogens (tertiary/aromatic N) is 3. The molecule has 2 rings (SSSR count). The maximum absolute atomic E-state index is 11.0. The van der Waals surface area contributed by atoms with Crippen molar-refractivity contribution in [1.29, 1.82) is 10.5 Å². The van der Waals surface area contributed by atoms with Crippen LogP contribution in [0.1, 0.15) is 32.3 Å². The van der Waals surface area contributed by atoms with E-state index in [1.54, 1.807) is 12.1 Å². The van der Waals surface area contributed by atoms with Crippen molar-refractivity contribution in [3.8, 4) is 12.1 Å². The highest BCUT2D eigenvalue weighted by Crippen LogP contribution is 2.39. The summed E-state index contributed by atoms with van der Waals surface area (Å²) >= 11 is 5.82. The minimum Gasteiger partial charge on any atom is -0.258 e. The Labute approximate surface area is 151 Å². The minimum atomic E-state index is -0.518. The van der Waals surface area contributed by atoms with Gasteiger partial charge in [0.05, 0.1) is 4.92 Å². The third-order valence-corrected chi connectivity index (χ3v) is 4.23. The van der Waals surface area contributed by atoms with Gasteiger partial charge in [0.25, 0.3) is 5.69 Å². The summed E-state index contributed by atoms with van der Waals surface area (Å²) in [6, 6.07) is 8.49. The molecule has 0 aliphatic heterocycles. The summed E-state index contributed by atoms with van der Waals surface area (Å²) in [6.07, 6.45) is 6.93. The van der Waals surface area contributed by atoms with E-state index < -0.39 is 4.92 Å². The second kappa shape index (κ2) is 7.34. The number of benzene rings is 1. The molecule has 0 heterocycles. The molecule has 0 fully saturated rings. The van der Waals surface area contributed by atoms with Gasteiger partial charge in [0, 0.05) is 6.07 Å². The Balaban J connectivity index is 2.39. The summed E-state index contributed by atoms with van der Waals surface area (Å²) in [7, 11) is 0. The van der Waals surface area contributed by atoms with Gasteiger partial charge in [-0.15, -0.1) is 0 Å². The number of nitro benzene ring substituents is 1. The fourth-order valence-corrected chi connectivity index (χ4v) is 3.06. The summed E-state index contributed by atoms with van der Waals surface area (Å²) in [6.45, 7) is 4.15. The fraction of sp³-hybridized carbons (Fsp3) is 0.263. The zero-order chi connectivity index (χ0) is 18.6. The van der Waals surface area contributed by atoms with Crippen molar-refractivity contribution in [2.24, 2.45) is 5.41 Å². The lowest BCUT2D eigenvalue weighted by Crippen LogP contribution is -2.17. The van der Waals surface area contributed by atoms with Crippen LogP contribution < -0.4 is 0 Å². The molecule has 1 aliphatic rings. The monoisotopic (exact) mass is 353 g/mol. The van der Waals surface area contributed by atoms with E-state index in [0.717, 1.165) is 17.6 Å². The molecule has 0 atom stereocenters. The normalized spacial score (nSPS) is 16.0. The van der Waals surface area contributed by atoms with E-state index in [-0.39, 0.29) is 21.7 Å². The Bertz CT molecular complexity index is 880. The molecule has 0 saturated carbocycles. The molecule has 0 radical (unpaired) electrons.